The van der Waals surface area contributed by atoms with E-state index >= 15 is 0 Å². The lowest BCUT2D eigenvalue weighted by atomic mass is 9.80. The Labute approximate surface area is 133 Å². The van der Waals surface area contributed by atoms with Crippen molar-refractivity contribution in [2.75, 3.05) is 0 Å². The van der Waals surface area contributed by atoms with Crippen LogP contribution in [0.25, 0.3) is 0 Å². The van der Waals surface area contributed by atoms with Gasteiger partial charge >= 0.3 is 5.97 Å². The molecule has 0 radical (unpaired) electrons. The van der Waals surface area contributed by atoms with Gasteiger partial charge < -0.3 is 10.2 Å². The number of aromatic carboxylic acids is 1. The predicted molar refractivity (Wildman–Crippen MR) is 86.2 cm³/mol. The summed E-state index contributed by atoms with van der Waals surface area (Å²) in [6.45, 7) is 0. The fourth-order valence-electron chi connectivity index (χ4n) is 2.63. The number of nitrogens with zero attached hydrogens (tertiary/aromatic N) is 1. The lowest BCUT2D eigenvalue weighted by Gasteiger charge is -2.30. The molecule has 114 valence electrons. The van der Waals surface area contributed by atoms with Crippen LogP contribution in [0.2, 0.25) is 0 Å². The fraction of sp³-hybridized carbons (Fsp3) is 0.0526. The van der Waals surface area contributed by atoms with E-state index in [9.17, 15) is 9.90 Å². The van der Waals surface area contributed by atoms with E-state index in [2.05, 4.69) is 4.98 Å². The van der Waals surface area contributed by atoms with E-state index in [0.717, 1.165) is 0 Å². The molecule has 0 fully saturated rings. The second-order valence-electron chi connectivity index (χ2n) is 5.19. The van der Waals surface area contributed by atoms with Crippen LogP contribution in [0.1, 0.15) is 27.0 Å². The summed E-state index contributed by atoms with van der Waals surface area (Å²) in [5.41, 5.74) is 0.774. The zero-order valence-corrected chi connectivity index (χ0v) is 12.3. The minimum atomic E-state index is -1.37. The van der Waals surface area contributed by atoms with E-state index in [-0.39, 0.29) is 5.56 Å². The van der Waals surface area contributed by atoms with Gasteiger partial charge in [0.25, 0.3) is 0 Å². The molecule has 3 aromatic rings. The highest BCUT2D eigenvalue weighted by molar-refractivity contribution is 5.87. The molecule has 3 rings (SSSR count). The van der Waals surface area contributed by atoms with Crippen LogP contribution in [0, 0.1) is 0 Å². The van der Waals surface area contributed by atoms with Crippen molar-refractivity contribution in [1.82, 2.24) is 4.98 Å². The normalized spacial score (nSPS) is 13.3. The monoisotopic (exact) mass is 305 g/mol. The van der Waals surface area contributed by atoms with Crippen LogP contribution >= 0.6 is 0 Å². The summed E-state index contributed by atoms with van der Waals surface area (Å²) >= 11 is 0. The summed E-state index contributed by atoms with van der Waals surface area (Å²) in [6.07, 6.45) is 3.24. The van der Waals surface area contributed by atoms with Crippen molar-refractivity contribution in [3.63, 3.8) is 0 Å². The number of rotatable bonds is 4. The molecule has 1 unspecified atom stereocenters. The summed E-state index contributed by atoms with van der Waals surface area (Å²) in [7, 11) is 0. The van der Waals surface area contributed by atoms with Crippen LogP contribution in [0.15, 0.2) is 79.1 Å². The van der Waals surface area contributed by atoms with Gasteiger partial charge in [0.1, 0.15) is 5.60 Å². The molecule has 0 aliphatic rings. The standard InChI is InChI=1S/C19H15NO3/c21-18(22)14-6-8-16(9-7-14)19(23,15-4-2-1-3-5-15)17-10-12-20-13-11-17/h1-13,23H,(H,21,22). The number of hydrogen-bond acceptors (Lipinski definition) is 3. The van der Waals surface area contributed by atoms with Crippen LogP contribution in [0.5, 0.6) is 0 Å². The van der Waals surface area contributed by atoms with Crippen LogP contribution in [0.3, 0.4) is 0 Å². The van der Waals surface area contributed by atoms with Gasteiger partial charge in [0.05, 0.1) is 5.56 Å². The Morgan fingerprint density at radius 2 is 1.30 bits per heavy atom. The molecule has 0 spiro atoms. The Balaban J connectivity index is 2.18. The predicted octanol–water partition coefficient (Wildman–Crippen LogP) is 3.06. The summed E-state index contributed by atoms with van der Waals surface area (Å²) < 4.78 is 0. The highest BCUT2D eigenvalue weighted by Crippen LogP contribution is 2.36. The highest BCUT2D eigenvalue weighted by atomic mass is 16.4. The second kappa shape index (κ2) is 6.02. The number of aliphatic hydroxyl groups is 1. The topological polar surface area (TPSA) is 70.4 Å². The molecule has 23 heavy (non-hydrogen) atoms. The van der Waals surface area contributed by atoms with Gasteiger partial charge in [0.15, 0.2) is 0 Å². The molecule has 4 heteroatoms. The smallest absolute Gasteiger partial charge is 0.335 e. The van der Waals surface area contributed by atoms with E-state index in [1.807, 2.05) is 30.3 Å². The molecule has 1 atom stereocenters. The SMILES string of the molecule is O=C(O)c1ccc(C(O)(c2ccccc2)c2ccncc2)cc1. The average molecular weight is 305 g/mol. The third kappa shape index (κ3) is 2.72. The van der Waals surface area contributed by atoms with Gasteiger partial charge in [0, 0.05) is 12.4 Å². The fourth-order valence-corrected chi connectivity index (χ4v) is 2.63. The molecule has 0 bridgehead atoms. The lowest BCUT2D eigenvalue weighted by molar-refractivity contribution is 0.0696. The molecule has 4 nitrogen and oxygen atoms in total. The molecule has 0 aliphatic carbocycles. The Bertz CT molecular complexity index is 760. The number of aromatic nitrogens is 1. The van der Waals surface area contributed by atoms with Crippen molar-refractivity contribution < 1.29 is 15.0 Å². The third-order valence-corrected chi connectivity index (χ3v) is 3.84. The van der Waals surface area contributed by atoms with Crippen LogP contribution in [0.4, 0.5) is 0 Å². The van der Waals surface area contributed by atoms with Crippen molar-refractivity contribution >= 4 is 5.97 Å². The minimum Gasteiger partial charge on any atom is -0.478 e. The van der Waals surface area contributed by atoms with Crippen molar-refractivity contribution in [2.24, 2.45) is 0 Å². The van der Waals surface area contributed by atoms with Gasteiger partial charge in [0.2, 0.25) is 0 Å². The molecular weight excluding hydrogens is 290 g/mol. The maximum absolute atomic E-state index is 11.5. The molecule has 0 saturated carbocycles. The molecule has 0 saturated heterocycles. The first-order valence-electron chi connectivity index (χ1n) is 7.14. The molecule has 0 amide bonds. The zero-order valence-electron chi connectivity index (χ0n) is 12.3. The van der Waals surface area contributed by atoms with Gasteiger partial charge in [-0.2, -0.15) is 0 Å². The van der Waals surface area contributed by atoms with E-state index < -0.39 is 11.6 Å². The number of carboxylic acids is 1. The Hall–Kier alpha value is -2.98. The number of carbonyl (C=O) groups is 1. The Kier molecular flexibility index (Phi) is 3.91. The number of carboxylic acid groups (broad SMARTS) is 1. The molecular formula is C19H15NO3. The van der Waals surface area contributed by atoms with Gasteiger partial charge in [-0.15, -0.1) is 0 Å². The van der Waals surface area contributed by atoms with Crippen molar-refractivity contribution in [1.29, 1.82) is 0 Å². The van der Waals surface area contributed by atoms with Gasteiger partial charge in [-0.3, -0.25) is 4.98 Å². The van der Waals surface area contributed by atoms with Gasteiger partial charge in [-0.25, -0.2) is 4.79 Å². The second-order valence-corrected chi connectivity index (χ2v) is 5.19. The van der Waals surface area contributed by atoms with E-state index in [1.165, 1.54) is 12.1 Å². The van der Waals surface area contributed by atoms with E-state index in [4.69, 9.17) is 5.11 Å². The van der Waals surface area contributed by atoms with E-state index in [0.29, 0.717) is 16.7 Å². The Morgan fingerprint density at radius 3 is 1.87 bits per heavy atom. The largest absolute Gasteiger partial charge is 0.478 e. The first-order valence-corrected chi connectivity index (χ1v) is 7.14. The summed E-state index contributed by atoms with van der Waals surface area (Å²) in [5.74, 6) is -0.997. The third-order valence-electron chi connectivity index (χ3n) is 3.84. The van der Waals surface area contributed by atoms with Crippen molar-refractivity contribution in [3.8, 4) is 0 Å². The van der Waals surface area contributed by atoms with E-state index in [1.54, 1.807) is 36.7 Å². The van der Waals surface area contributed by atoms with Gasteiger partial charge in [-0.1, -0.05) is 42.5 Å². The first kappa shape index (κ1) is 14.9. The quantitative estimate of drug-likeness (QED) is 0.777. The summed E-state index contributed by atoms with van der Waals surface area (Å²) in [6, 6.07) is 19.0. The molecule has 2 aromatic carbocycles. The first-order chi connectivity index (χ1) is 11.1. The maximum Gasteiger partial charge on any atom is 0.335 e. The van der Waals surface area contributed by atoms with Crippen LogP contribution in [-0.4, -0.2) is 21.2 Å². The number of hydrogen-bond donors (Lipinski definition) is 2. The molecule has 1 aromatic heterocycles. The van der Waals surface area contributed by atoms with Crippen LogP contribution in [-0.2, 0) is 5.60 Å². The zero-order chi connectivity index (χ0) is 16.3. The summed E-state index contributed by atoms with van der Waals surface area (Å²) in [5, 5.41) is 20.5. The van der Waals surface area contributed by atoms with Crippen molar-refractivity contribution in [3.05, 3.63) is 101 Å². The number of pyridine rings is 1. The molecule has 0 aliphatic heterocycles. The van der Waals surface area contributed by atoms with Gasteiger partial charge in [-0.05, 0) is 41.0 Å². The average Bonchev–Trinajstić information content (AvgIpc) is 2.62. The van der Waals surface area contributed by atoms with Crippen molar-refractivity contribution in [2.45, 2.75) is 5.60 Å². The maximum atomic E-state index is 11.5. The van der Waals surface area contributed by atoms with Crippen LogP contribution < -0.4 is 0 Å². The Morgan fingerprint density at radius 1 is 0.783 bits per heavy atom. The molecule has 1 heterocycles. The highest BCUT2D eigenvalue weighted by Gasteiger charge is 2.33. The minimum absolute atomic E-state index is 0.180. The lowest BCUT2D eigenvalue weighted by Crippen LogP contribution is -2.28. The summed E-state index contributed by atoms with van der Waals surface area (Å²) in [4.78, 5) is 15.0. The number of benzene rings is 2. The molecule has 2 N–H and O–H groups in total.